The number of carbonyl (C=O) groups is 3. The molecule has 4 N–H and O–H groups in total. The Hall–Kier alpha value is -3.73. The lowest BCUT2D eigenvalue weighted by atomic mass is 9.71. The average molecular weight is 513 g/mol. The highest BCUT2D eigenvalue weighted by atomic mass is 16.7. The van der Waals surface area contributed by atoms with E-state index in [2.05, 4.69) is 0 Å². The molecular weight excluding hydrogens is 484 g/mol. The summed E-state index contributed by atoms with van der Waals surface area (Å²) in [5.41, 5.74) is 1.60. The van der Waals surface area contributed by atoms with Gasteiger partial charge < -0.3 is 34.6 Å². The van der Waals surface area contributed by atoms with Crippen LogP contribution in [-0.2, 0) is 23.8 Å². The molecule has 1 fully saturated rings. The van der Waals surface area contributed by atoms with E-state index in [-0.39, 0.29) is 33.8 Å². The summed E-state index contributed by atoms with van der Waals surface area (Å²) in [6, 6.07) is 7.42. The first-order chi connectivity index (χ1) is 17.4. The summed E-state index contributed by atoms with van der Waals surface area (Å²) in [5, 5.41) is 43.4. The van der Waals surface area contributed by atoms with Gasteiger partial charge in [-0.3, -0.25) is 9.59 Å². The van der Waals surface area contributed by atoms with Crippen LogP contribution in [0.5, 0.6) is 11.5 Å². The molecule has 0 unspecified atom stereocenters. The summed E-state index contributed by atoms with van der Waals surface area (Å²) >= 11 is 0. The van der Waals surface area contributed by atoms with E-state index in [1.54, 1.807) is 32.9 Å². The minimum Gasteiger partial charge on any atom is -0.507 e. The predicted octanol–water partition coefficient (Wildman–Crippen LogP) is 1.97. The lowest BCUT2D eigenvalue weighted by Gasteiger charge is -2.45. The zero-order valence-corrected chi connectivity index (χ0v) is 20.7. The van der Waals surface area contributed by atoms with E-state index in [1.807, 2.05) is 0 Å². The van der Waals surface area contributed by atoms with Crippen molar-refractivity contribution in [3.05, 3.63) is 69.8 Å². The van der Waals surface area contributed by atoms with Crippen LogP contribution >= 0.6 is 0 Å². The fraction of sp³-hybridized carbons (Fsp3) is 0.370. The van der Waals surface area contributed by atoms with E-state index in [9.17, 15) is 34.8 Å². The summed E-state index contributed by atoms with van der Waals surface area (Å²) in [6.45, 7) is 6.13. The quantitative estimate of drug-likeness (QED) is 0.352. The molecule has 2 aliphatic rings. The summed E-state index contributed by atoms with van der Waals surface area (Å²) in [4.78, 5) is 37.5. The molecule has 1 saturated heterocycles. The standard InChI is InChI=1S/C27H28O10/c1-11(2)8-18(31)36-26-23(33)25(37-27(24(26)34)35-13(4)28)19-14-6-5-7-16(29)20(14)22(32)21-15(19)9-12(3)10-17(21)30/h5-10,19,23-27,29-30,33-34H,1-4H3/t19-,23-,24-,25+,26+,27-/m0/s1. The number of benzene rings is 2. The zero-order valence-electron chi connectivity index (χ0n) is 20.7. The first kappa shape index (κ1) is 26.3. The number of phenols is 2. The third kappa shape index (κ3) is 4.83. The van der Waals surface area contributed by atoms with Crippen molar-refractivity contribution in [2.24, 2.45) is 0 Å². The third-order valence-corrected chi connectivity index (χ3v) is 6.34. The van der Waals surface area contributed by atoms with Crippen LogP contribution in [0.1, 0.15) is 59.3 Å². The number of aryl methyl sites for hydroxylation is 1. The van der Waals surface area contributed by atoms with Gasteiger partial charge in [-0.05, 0) is 49.6 Å². The van der Waals surface area contributed by atoms with Gasteiger partial charge in [-0.2, -0.15) is 0 Å². The van der Waals surface area contributed by atoms with Gasteiger partial charge in [0.25, 0.3) is 0 Å². The molecule has 2 aromatic carbocycles. The molecule has 1 aliphatic carbocycles. The minimum absolute atomic E-state index is 0.0892. The number of hydrogen-bond acceptors (Lipinski definition) is 10. The molecule has 0 saturated carbocycles. The maximum atomic E-state index is 13.3. The second kappa shape index (κ2) is 9.97. The van der Waals surface area contributed by atoms with Crippen LogP contribution in [0.25, 0.3) is 0 Å². The van der Waals surface area contributed by atoms with Crippen LogP contribution in [0, 0.1) is 6.92 Å². The number of ether oxygens (including phenoxy) is 3. The molecule has 0 spiro atoms. The Bertz CT molecular complexity index is 1290. The highest BCUT2D eigenvalue weighted by Crippen LogP contribution is 2.47. The van der Waals surface area contributed by atoms with Crippen molar-refractivity contribution in [2.75, 3.05) is 0 Å². The van der Waals surface area contributed by atoms with Crippen molar-refractivity contribution in [3.8, 4) is 11.5 Å². The van der Waals surface area contributed by atoms with E-state index in [0.29, 0.717) is 11.1 Å². The van der Waals surface area contributed by atoms with E-state index in [0.717, 1.165) is 6.92 Å². The van der Waals surface area contributed by atoms with Gasteiger partial charge in [0.05, 0.1) is 11.1 Å². The van der Waals surface area contributed by atoms with Gasteiger partial charge in [0.15, 0.2) is 12.2 Å². The van der Waals surface area contributed by atoms with Gasteiger partial charge in [-0.25, -0.2) is 4.79 Å². The highest BCUT2D eigenvalue weighted by Gasteiger charge is 2.53. The molecule has 0 aromatic heterocycles. The van der Waals surface area contributed by atoms with E-state index in [1.165, 1.54) is 24.3 Å². The molecule has 196 valence electrons. The molecular formula is C27H28O10. The summed E-state index contributed by atoms with van der Waals surface area (Å²) in [5.74, 6) is -3.91. The number of esters is 2. The zero-order chi connectivity index (χ0) is 27.2. The summed E-state index contributed by atoms with van der Waals surface area (Å²) in [6.07, 6.45) is -6.77. The second-order valence-corrected chi connectivity index (χ2v) is 9.48. The number of aliphatic hydroxyl groups excluding tert-OH is 2. The molecule has 10 nitrogen and oxygen atoms in total. The number of carbonyl (C=O) groups excluding carboxylic acids is 3. The number of rotatable bonds is 4. The Kier molecular flexibility index (Phi) is 7.09. The fourth-order valence-corrected chi connectivity index (χ4v) is 4.94. The monoisotopic (exact) mass is 512 g/mol. The number of ketones is 1. The molecule has 6 atom stereocenters. The number of phenolic OH excluding ortho intramolecular Hbond substituents is 2. The Morgan fingerprint density at radius 3 is 2.27 bits per heavy atom. The van der Waals surface area contributed by atoms with Gasteiger partial charge in [0.2, 0.25) is 12.1 Å². The van der Waals surface area contributed by atoms with Crippen LogP contribution in [0.2, 0.25) is 0 Å². The van der Waals surface area contributed by atoms with E-state index >= 15 is 0 Å². The van der Waals surface area contributed by atoms with Crippen molar-refractivity contribution < 1.29 is 49.0 Å². The lowest BCUT2D eigenvalue weighted by Crippen LogP contribution is -2.61. The van der Waals surface area contributed by atoms with Gasteiger partial charge in [0, 0.05) is 18.9 Å². The van der Waals surface area contributed by atoms with Crippen LogP contribution < -0.4 is 0 Å². The van der Waals surface area contributed by atoms with E-state index < -0.39 is 54.3 Å². The summed E-state index contributed by atoms with van der Waals surface area (Å²) in [7, 11) is 0. The Morgan fingerprint density at radius 2 is 1.62 bits per heavy atom. The van der Waals surface area contributed by atoms with Crippen LogP contribution in [0.4, 0.5) is 0 Å². The van der Waals surface area contributed by atoms with Gasteiger partial charge in [-0.15, -0.1) is 0 Å². The largest absolute Gasteiger partial charge is 0.507 e. The minimum atomic E-state index is -1.73. The molecule has 0 amide bonds. The Balaban J connectivity index is 1.89. The number of allylic oxidation sites excluding steroid dienone is 1. The van der Waals surface area contributed by atoms with Crippen molar-refractivity contribution in [2.45, 2.75) is 64.3 Å². The molecule has 10 heteroatoms. The normalized spacial score (nSPS) is 26.5. The number of aliphatic hydroxyl groups is 2. The number of aromatic hydroxyl groups is 2. The molecule has 1 heterocycles. The van der Waals surface area contributed by atoms with Crippen molar-refractivity contribution >= 4 is 17.7 Å². The second-order valence-electron chi connectivity index (χ2n) is 9.48. The lowest BCUT2D eigenvalue weighted by molar-refractivity contribution is -0.291. The van der Waals surface area contributed by atoms with Gasteiger partial charge >= 0.3 is 11.9 Å². The van der Waals surface area contributed by atoms with Crippen molar-refractivity contribution in [1.29, 1.82) is 0 Å². The number of hydrogen-bond donors (Lipinski definition) is 4. The molecule has 1 aliphatic heterocycles. The van der Waals surface area contributed by atoms with Gasteiger partial charge in [-0.1, -0.05) is 23.8 Å². The molecule has 0 bridgehead atoms. The highest BCUT2D eigenvalue weighted by molar-refractivity contribution is 6.16. The third-order valence-electron chi connectivity index (χ3n) is 6.34. The fourth-order valence-electron chi connectivity index (χ4n) is 4.94. The maximum absolute atomic E-state index is 13.3. The average Bonchev–Trinajstić information content (AvgIpc) is 2.78. The Labute approximate surface area is 212 Å². The maximum Gasteiger partial charge on any atom is 0.331 e. The SMILES string of the molecule is CC(=O)O[C@H]1O[C@H]([C@H]2c3cccc(O)c3C(=O)c3c(O)cc(C)cc32)[C@H](O)[C@@H](OC(=O)C=C(C)C)[C@@H]1O. The molecule has 4 rings (SSSR count). The smallest absolute Gasteiger partial charge is 0.331 e. The van der Waals surface area contributed by atoms with E-state index in [4.69, 9.17) is 14.2 Å². The topological polar surface area (TPSA) is 160 Å². The first-order valence-corrected chi connectivity index (χ1v) is 11.6. The van der Waals surface area contributed by atoms with Crippen molar-refractivity contribution in [3.63, 3.8) is 0 Å². The predicted molar refractivity (Wildman–Crippen MR) is 128 cm³/mol. The molecule has 0 radical (unpaired) electrons. The van der Waals surface area contributed by atoms with Gasteiger partial charge in [0.1, 0.15) is 23.7 Å². The molecule has 37 heavy (non-hydrogen) atoms. The number of fused-ring (bicyclic) bond motifs is 2. The first-order valence-electron chi connectivity index (χ1n) is 11.6. The van der Waals surface area contributed by atoms with Crippen LogP contribution in [0.3, 0.4) is 0 Å². The van der Waals surface area contributed by atoms with Crippen LogP contribution in [0.15, 0.2) is 42.0 Å². The molecule has 2 aromatic rings. The van der Waals surface area contributed by atoms with Crippen LogP contribution in [-0.4, -0.2) is 68.9 Å². The summed E-state index contributed by atoms with van der Waals surface area (Å²) < 4.78 is 16.4. The Morgan fingerprint density at radius 1 is 0.946 bits per heavy atom. The van der Waals surface area contributed by atoms with Crippen molar-refractivity contribution in [1.82, 2.24) is 0 Å².